The number of nitrogens with zero attached hydrogens (tertiary/aromatic N) is 1. The first-order chi connectivity index (χ1) is 7.29. The smallest absolute Gasteiger partial charge is 0.0446 e. The largest absolute Gasteiger partial charge is 0.350 e. The lowest BCUT2D eigenvalue weighted by Gasteiger charge is -2.16. The molecule has 1 rings (SSSR count). The molecule has 86 valence electrons. The zero-order valence-corrected chi connectivity index (χ0v) is 10.8. The third-order valence-electron chi connectivity index (χ3n) is 2.57. The summed E-state index contributed by atoms with van der Waals surface area (Å²) < 4.78 is 2.36. The maximum Gasteiger partial charge on any atom is 0.0446 e. The van der Waals surface area contributed by atoms with E-state index >= 15 is 0 Å². The molecule has 1 heterocycles. The van der Waals surface area contributed by atoms with E-state index in [9.17, 15) is 0 Å². The van der Waals surface area contributed by atoms with Crippen LogP contribution in [0.25, 0.3) is 0 Å². The van der Waals surface area contributed by atoms with E-state index in [-0.39, 0.29) is 0 Å². The van der Waals surface area contributed by atoms with Gasteiger partial charge in [-0.25, -0.2) is 0 Å². The van der Waals surface area contributed by atoms with Crippen molar-refractivity contribution in [2.75, 3.05) is 18.6 Å². The Morgan fingerprint density at radius 3 is 3.00 bits per heavy atom. The predicted molar refractivity (Wildman–Crippen MR) is 69.5 cm³/mol. The molecule has 1 unspecified atom stereocenters. The molecule has 1 aromatic rings. The van der Waals surface area contributed by atoms with E-state index in [0.717, 1.165) is 13.1 Å². The molecule has 0 aromatic carbocycles. The van der Waals surface area contributed by atoms with Crippen LogP contribution in [0.1, 0.15) is 32.0 Å². The number of aryl methyl sites for hydroxylation is 1. The average molecular weight is 226 g/mol. The number of nitrogens with one attached hydrogen (secondary N) is 1. The number of thioether (sulfide) groups is 1. The van der Waals surface area contributed by atoms with Gasteiger partial charge in [0.05, 0.1) is 0 Å². The lowest BCUT2D eigenvalue weighted by atomic mass is 10.2. The van der Waals surface area contributed by atoms with Crippen molar-refractivity contribution in [2.45, 2.75) is 32.9 Å². The van der Waals surface area contributed by atoms with Gasteiger partial charge in [0.25, 0.3) is 0 Å². The first-order valence-electron chi connectivity index (χ1n) is 5.67. The highest BCUT2D eigenvalue weighted by molar-refractivity contribution is 7.98. The topological polar surface area (TPSA) is 17.0 Å². The summed E-state index contributed by atoms with van der Waals surface area (Å²) in [5.74, 6) is 1.24. The summed E-state index contributed by atoms with van der Waals surface area (Å²) in [4.78, 5) is 0. The van der Waals surface area contributed by atoms with Crippen LogP contribution in [0.4, 0.5) is 0 Å². The van der Waals surface area contributed by atoms with E-state index < -0.39 is 0 Å². The Balaban J connectivity index is 2.52. The maximum absolute atomic E-state index is 3.45. The number of hydrogen-bond acceptors (Lipinski definition) is 2. The maximum atomic E-state index is 3.45. The minimum absolute atomic E-state index is 0.458. The van der Waals surface area contributed by atoms with Crippen LogP contribution < -0.4 is 5.32 Å². The molecule has 1 N–H and O–H groups in total. The SMILES string of the molecule is CCNC(C)c1cccn1CCCSC. The van der Waals surface area contributed by atoms with Crippen molar-refractivity contribution in [3.63, 3.8) is 0 Å². The van der Waals surface area contributed by atoms with Gasteiger partial charge in [0.15, 0.2) is 0 Å². The second kappa shape index (κ2) is 6.96. The molecule has 0 amide bonds. The number of hydrogen-bond donors (Lipinski definition) is 1. The molecule has 1 aromatic heterocycles. The molecule has 1 atom stereocenters. The van der Waals surface area contributed by atoms with E-state index in [1.165, 1.54) is 17.9 Å². The molecule has 2 nitrogen and oxygen atoms in total. The molecule has 0 aliphatic carbocycles. The summed E-state index contributed by atoms with van der Waals surface area (Å²) in [6, 6.07) is 4.81. The molecule has 0 aliphatic rings. The van der Waals surface area contributed by atoms with E-state index in [4.69, 9.17) is 0 Å². The molecule has 0 radical (unpaired) electrons. The van der Waals surface area contributed by atoms with Gasteiger partial charge in [0.1, 0.15) is 0 Å². The van der Waals surface area contributed by atoms with Gasteiger partial charge in [-0.05, 0) is 44.0 Å². The van der Waals surface area contributed by atoms with Crippen molar-refractivity contribution in [1.82, 2.24) is 9.88 Å². The van der Waals surface area contributed by atoms with E-state index in [1.54, 1.807) is 0 Å². The Hall–Kier alpha value is -0.410. The van der Waals surface area contributed by atoms with Gasteiger partial charge >= 0.3 is 0 Å². The fraction of sp³-hybridized carbons (Fsp3) is 0.667. The van der Waals surface area contributed by atoms with Gasteiger partial charge < -0.3 is 9.88 Å². The summed E-state index contributed by atoms with van der Waals surface area (Å²) in [6.07, 6.45) is 5.60. The van der Waals surface area contributed by atoms with E-state index in [2.05, 4.69) is 48.3 Å². The minimum Gasteiger partial charge on any atom is -0.350 e. The summed E-state index contributed by atoms with van der Waals surface area (Å²) in [5.41, 5.74) is 1.40. The van der Waals surface area contributed by atoms with E-state index in [1.807, 2.05) is 11.8 Å². The van der Waals surface area contributed by atoms with Gasteiger partial charge in [0, 0.05) is 24.5 Å². The molecule has 0 aliphatic heterocycles. The van der Waals surface area contributed by atoms with Gasteiger partial charge in [-0.2, -0.15) is 11.8 Å². The predicted octanol–water partition coefficient (Wildman–Crippen LogP) is 2.91. The van der Waals surface area contributed by atoms with Crippen LogP contribution in [0.3, 0.4) is 0 Å². The van der Waals surface area contributed by atoms with Gasteiger partial charge in [-0.3, -0.25) is 0 Å². The van der Waals surface area contributed by atoms with Crippen LogP contribution in [0.5, 0.6) is 0 Å². The Morgan fingerprint density at radius 2 is 2.33 bits per heavy atom. The monoisotopic (exact) mass is 226 g/mol. The Labute approximate surface area is 97.4 Å². The highest BCUT2D eigenvalue weighted by atomic mass is 32.2. The van der Waals surface area contributed by atoms with Gasteiger partial charge in [-0.1, -0.05) is 6.92 Å². The third kappa shape index (κ3) is 3.92. The Morgan fingerprint density at radius 1 is 1.53 bits per heavy atom. The second-order valence-corrected chi connectivity index (χ2v) is 4.74. The van der Waals surface area contributed by atoms with Crippen LogP contribution in [-0.4, -0.2) is 23.1 Å². The number of aromatic nitrogens is 1. The molecule has 0 fully saturated rings. The Bertz CT molecular complexity index is 270. The molecule has 0 spiro atoms. The van der Waals surface area contributed by atoms with Crippen LogP contribution >= 0.6 is 11.8 Å². The van der Waals surface area contributed by atoms with E-state index in [0.29, 0.717) is 6.04 Å². The Kier molecular flexibility index (Phi) is 5.88. The molecule has 3 heteroatoms. The zero-order valence-electron chi connectivity index (χ0n) is 9.99. The first-order valence-corrected chi connectivity index (χ1v) is 7.06. The van der Waals surface area contributed by atoms with Crippen molar-refractivity contribution < 1.29 is 0 Å². The molecular formula is C12H22N2S. The summed E-state index contributed by atoms with van der Waals surface area (Å²) >= 11 is 1.92. The van der Waals surface area contributed by atoms with Crippen LogP contribution in [0.2, 0.25) is 0 Å². The second-order valence-electron chi connectivity index (χ2n) is 3.75. The van der Waals surface area contributed by atoms with Crippen LogP contribution in [0.15, 0.2) is 18.3 Å². The fourth-order valence-electron chi connectivity index (χ4n) is 1.81. The zero-order chi connectivity index (χ0) is 11.1. The summed E-state index contributed by atoms with van der Waals surface area (Å²) in [5, 5.41) is 3.45. The third-order valence-corrected chi connectivity index (χ3v) is 3.26. The van der Waals surface area contributed by atoms with Crippen molar-refractivity contribution >= 4 is 11.8 Å². The van der Waals surface area contributed by atoms with Gasteiger partial charge in [0.2, 0.25) is 0 Å². The highest BCUT2D eigenvalue weighted by Crippen LogP contribution is 2.14. The molecule has 0 saturated heterocycles. The quantitative estimate of drug-likeness (QED) is 0.720. The minimum atomic E-state index is 0.458. The molecule has 0 saturated carbocycles. The van der Waals surface area contributed by atoms with Crippen molar-refractivity contribution in [2.24, 2.45) is 0 Å². The normalized spacial score (nSPS) is 13.0. The fourth-order valence-corrected chi connectivity index (χ4v) is 2.23. The van der Waals surface area contributed by atoms with Crippen molar-refractivity contribution in [1.29, 1.82) is 0 Å². The molecular weight excluding hydrogens is 204 g/mol. The van der Waals surface area contributed by atoms with Crippen LogP contribution in [-0.2, 0) is 6.54 Å². The average Bonchev–Trinajstić information content (AvgIpc) is 2.67. The van der Waals surface area contributed by atoms with Gasteiger partial charge in [-0.15, -0.1) is 0 Å². The summed E-state index contributed by atoms with van der Waals surface area (Å²) in [7, 11) is 0. The lowest BCUT2D eigenvalue weighted by Crippen LogP contribution is -2.20. The lowest BCUT2D eigenvalue weighted by molar-refractivity contribution is 0.537. The summed E-state index contributed by atoms with van der Waals surface area (Å²) in [6.45, 7) is 6.54. The molecule has 0 bridgehead atoms. The molecule has 15 heavy (non-hydrogen) atoms. The highest BCUT2D eigenvalue weighted by Gasteiger charge is 2.07. The van der Waals surface area contributed by atoms with Crippen molar-refractivity contribution in [3.8, 4) is 0 Å². The van der Waals surface area contributed by atoms with Crippen molar-refractivity contribution in [3.05, 3.63) is 24.0 Å². The first kappa shape index (κ1) is 12.7. The van der Waals surface area contributed by atoms with Crippen LogP contribution in [0, 0.1) is 0 Å². The number of rotatable bonds is 7. The standard InChI is InChI=1S/C12H22N2S/c1-4-13-11(2)12-7-5-8-14(12)9-6-10-15-3/h5,7-8,11,13H,4,6,9-10H2,1-3H3.